The second-order valence-corrected chi connectivity index (χ2v) is 13.5. The fourth-order valence-corrected chi connectivity index (χ4v) is 9.65. The Morgan fingerprint density at radius 1 is 0.585 bits per heavy atom. The lowest BCUT2D eigenvalue weighted by Gasteiger charge is -2.28. The molecule has 2 amide bonds. The average Bonchev–Trinajstić information content (AvgIpc) is 3.02. The van der Waals surface area contributed by atoms with E-state index in [1.165, 1.54) is 0 Å². The van der Waals surface area contributed by atoms with Crippen LogP contribution >= 0.6 is 18.9 Å². The molecule has 0 aliphatic carbocycles. The Morgan fingerprint density at radius 2 is 1.00 bits per heavy atom. The smallest absolute Gasteiger partial charge is 0.277 e. The van der Waals surface area contributed by atoms with Crippen molar-refractivity contribution in [2.75, 3.05) is 5.32 Å². The highest BCUT2D eigenvalue weighted by Gasteiger charge is 2.52. The summed E-state index contributed by atoms with van der Waals surface area (Å²) in [5, 5.41) is 8.72. The Labute approximate surface area is 246 Å². The Morgan fingerprint density at radius 3 is 1.44 bits per heavy atom. The number of carbonyl (C=O) groups excluding carboxylic acids is 2. The maximum absolute atomic E-state index is 14.1. The minimum absolute atomic E-state index is 0.00554. The molecule has 0 aromatic heterocycles. The van der Waals surface area contributed by atoms with Gasteiger partial charge in [-0.25, -0.2) is 0 Å². The van der Waals surface area contributed by atoms with E-state index in [4.69, 9.17) is 11.6 Å². The summed E-state index contributed by atoms with van der Waals surface area (Å²) in [6.45, 7) is 1.95. The zero-order valence-corrected chi connectivity index (χ0v) is 24.1. The molecule has 4 nitrogen and oxygen atoms in total. The molecule has 0 aliphatic heterocycles. The molecule has 6 heteroatoms. The van der Waals surface area contributed by atoms with E-state index in [1.54, 1.807) is 24.3 Å². The summed E-state index contributed by atoms with van der Waals surface area (Å²) in [6.07, 6.45) is 0. The van der Waals surface area contributed by atoms with E-state index in [-0.39, 0.29) is 10.5 Å². The van der Waals surface area contributed by atoms with Crippen molar-refractivity contribution >= 4 is 52.3 Å². The van der Waals surface area contributed by atoms with Crippen molar-refractivity contribution in [3.05, 3.63) is 167 Å². The van der Waals surface area contributed by atoms with E-state index in [0.717, 1.165) is 21.5 Å². The van der Waals surface area contributed by atoms with Gasteiger partial charge in [-0.2, -0.15) is 0 Å². The number of carbonyl (C=O) groups is 2. The summed E-state index contributed by atoms with van der Waals surface area (Å²) >= 11 is 7.54. The van der Waals surface area contributed by atoms with Gasteiger partial charge in [-0.05, 0) is 79.2 Å². The lowest BCUT2D eigenvalue weighted by atomic mass is 10.1. The van der Waals surface area contributed by atoms with Gasteiger partial charge in [0.1, 0.15) is 15.9 Å². The molecule has 0 aliphatic rings. The number of para-hydroxylation sites is 1. The third-order valence-electron chi connectivity index (χ3n) is 6.74. The van der Waals surface area contributed by atoms with Crippen LogP contribution < -0.4 is 26.5 Å². The van der Waals surface area contributed by atoms with Crippen molar-refractivity contribution in [3.63, 3.8) is 0 Å². The number of benzene rings is 5. The highest BCUT2D eigenvalue weighted by molar-refractivity contribution is 8.00. The van der Waals surface area contributed by atoms with E-state index in [2.05, 4.69) is 10.6 Å². The van der Waals surface area contributed by atoms with Crippen LogP contribution in [0, 0.1) is 6.92 Å². The van der Waals surface area contributed by atoms with Crippen LogP contribution in [0.4, 0.5) is 5.69 Å². The van der Waals surface area contributed by atoms with Gasteiger partial charge in [0, 0.05) is 11.3 Å². The number of hydrogen-bond donors (Lipinski definition) is 2. The lowest BCUT2D eigenvalue weighted by molar-refractivity contribution is -0.113. The van der Waals surface area contributed by atoms with E-state index in [0.29, 0.717) is 11.3 Å². The largest absolute Gasteiger partial charge is 0.321 e. The molecule has 5 aromatic carbocycles. The number of nitrogens with one attached hydrogen (secondary N) is 2. The summed E-state index contributed by atoms with van der Waals surface area (Å²) in [5.41, 5.74) is 2.05. The number of aryl methyl sites for hydroxylation is 1. The molecule has 0 atom stereocenters. The minimum atomic E-state index is -2.85. The fourth-order valence-electron chi connectivity index (χ4n) is 4.72. The van der Waals surface area contributed by atoms with Crippen molar-refractivity contribution in [2.45, 2.75) is 6.92 Å². The molecule has 5 rings (SSSR count). The van der Waals surface area contributed by atoms with Crippen LogP contribution in [0.5, 0.6) is 0 Å². The minimum Gasteiger partial charge on any atom is -0.321 e. The van der Waals surface area contributed by atoms with E-state index in [9.17, 15) is 9.59 Å². The van der Waals surface area contributed by atoms with Crippen molar-refractivity contribution in [1.82, 2.24) is 5.32 Å². The van der Waals surface area contributed by atoms with Crippen molar-refractivity contribution in [2.24, 2.45) is 0 Å². The summed E-state index contributed by atoms with van der Waals surface area (Å²) < 4.78 is 0.273. The average molecular weight is 576 g/mol. The van der Waals surface area contributed by atoms with Gasteiger partial charge in [0.2, 0.25) is 4.77 Å². The molecular weight excluding hydrogens is 547 g/mol. The summed E-state index contributed by atoms with van der Waals surface area (Å²) in [5.74, 6) is -0.928. The molecule has 0 heterocycles. The van der Waals surface area contributed by atoms with Gasteiger partial charge in [0.25, 0.3) is 11.8 Å². The lowest BCUT2D eigenvalue weighted by Crippen LogP contribution is -2.37. The normalized spacial score (nSPS) is 11.8. The zero-order valence-electron chi connectivity index (χ0n) is 22.5. The molecule has 0 saturated heterocycles. The van der Waals surface area contributed by atoms with E-state index in [1.807, 2.05) is 128 Å². The molecule has 41 heavy (non-hydrogen) atoms. The SMILES string of the molecule is Cc1ccc(C(=O)N/C(C(=O)Nc2ccccc2)=C(/Cl)[P+](c2ccccc2)(c2ccccc2)c2ccccc2)cc1. The number of amides is 2. The Hall–Kier alpha value is -4.50. The molecule has 0 fully saturated rings. The fraction of sp³-hybridized carbons (Fsp3) is 0.0286. The molecular formula is C35H29ClN2O2P+. The van der Waals surface area contributed by atoms with Crippen molar-refractivity contribution < 1.29 is 9.59 Å². The van der Waals surface area contributed by atoms with Crippen LogP contribution in [0.1, 0.15) is 15.9 Å². The summed E-state index contributed by atoms with van der Waals surface area (Å²) in [4.78, 5) is 27.7. The first-order valence-electron chi connectivity index (χ1n) is 13.2. The highest BCUT2D eigenvalue weighted by Crippen LogP contribution is 2.64. The Bertz CT molecular complexity index is 1560. The quantitative estimate of drug-likeness (QED) is 0.159. The van der Waals surface area contributed by atoms with Crippen LogP contribution in [0.3, 0.4) is 0 Å². The van der Waals surface area contributed by atoms with E-state index >= 15 is 0 Å². The molecule has 2 N–H and O–H groups in total. The first-order valence-corrected chi connectivity index (χ1v) is 15.4. The van der Waals surface area contributed by atoms with Gasteiger partial charge in [-0.15, -0.1) is 0 Å². The van der Waals surface area contributed by atoms with Crippen molar-refractivity contribution in [1.29, 1.82) is 0 Å². The Kier molecular flexibility index (Phi) is 8.74. The summed E-state index contributed by atoms with van der Waals surface area (Å²) in [6, 6.07) is 46.2. The molecule has 0 saturated carbocycles. The van der Waals surface area contributed by atoms with Gasteiger partial charge < -0.3 is 10.6 Å². The number of hydrogen-bond acceptors (Lipinski definition) is 2. The van der Waals surface area contributed by atoms with Crippen LogP contribution in [0.2, 0.25) is 0 Å². The molecule has 0 spiro atoms. The Balaban J connectivity index is 1.78. The third kappa shape index (κ3) is 6.00. The second kappa shape index (κ2) is 12.8. The number of anilines is 1. The first kappa shape index (κ1) is 28.0. The molecule has 202 valence electrons. The first-order chi connectivity index (χ1) is 20.0. The van der Waals surface area contributed by atoms with Crippen molar-refractivity contribution in [3.8, 4) is 0 Å². The predicted molar refractivity (Wildman–Crippen MR) is 172 cm³/mol. The number of rotatable bonds is 8. The van der Waals surface area contributed by atoms with E-state index < -0.39 is 19.1 Å². The number of halogens is 1. The van der Waals surface area contributed by atoms with Crippen LogP contribution in [-0.4, -0.2) is 11.8 Å². The molecule has 5 aromatic rings. The topological polar surface area (TPSA) is 58.2 Å². The summed E-state index contributed by atoms with van der Waals surface area (Å²) in [7, 11) is -2.85. The maximum Gasteiger partial charge on any atom is 0.277 e. The highest BCUT2D eigenvalue weighted by atomic mass is 35.5. The van der Waals surface area contributed by atoms with Gasteiger partial charge in [0.05, 0.1) is 0 Å². The predicted octanol–water partition coefficient (Wildman–Crippen LogP) is 6.77. The monoisotopic (exact) mass is 575 g/mol. The van der Waals surface area contributed by atoms with Crippen LogP contribution in [0.25, 0.3) is 0 Å². The zero-order chi connectivity index (χ0) is 28.7. The van der Waals surface area contributed by atoms with Gasteiger partial charge in [-0.1, -0.05) is 90.5 Å². The van der Waals surface area contributed by atoms with Gasteiger partial charge in [0.15, 0.2) is 13.0 Å². The van der Waals surface area contributed by atoms with Crippen LogP contribution in [0.15, 0.2) is 156 Å². The molecule has 0 unspecified atom stereocenters. The van der Waals surface area contributed by atoms with Gasteiger partial charge >= 0.3 is 0 Å². The van der Waals surface area contributed by atoms with Crippen LogP contribution in [-0.2, 0) is 4.79 Å². The molecule has 0 radical (unpaired) electrons. The standard InChI is InChI=1S/C35H28ClN2O2P/c1-26-22-24-27(25-23-26)34(39)38-32(35(40)37-28-14-6-2-7-15-28)33(36)41(29-16-8-3-9-17-29,30-18-10-4-11-19-30)31-20-12-5-13-21-31/h2-25H,1H3,(H-,37,38,39,40)/p+1/b33-32-. The second-order valence-electron chi connectivity index (χ2n) is 9.48. The molecule has 0 bridgehead atoms. The van der Waals surface area contributed by atoms with Gasteiger partial charge in [-0.3, -0.25) is 9.59 Å². The maximum atomic E-state index is 14.1. The third-order valence-corrected chi connectivity index (χ3v) is 11.7.